The van der Waals surface area contributed by atoms with Crippen LogP contribution in [0, 0.1) is 0 Å². The molecular weight excluding hydrogens is 396 g/mol. The number of hydrogen-bond donors (Lipinski definition) is 2. The Bertz CT molecular complexity index is 1020. The lowest BCUT2D eigenvalue weighted by molar-refractivity contribution is 0.577. The molecule has 0 spiro atoms. The molecular formula is C20H23ClN4O2S. The van der Waals surface area contributed by atoms with Crippen LogP contribution in [0.4, 0.5) is 5.69 Å². The molecule has 0 fully saturated rings. The minimum atomic E-state index is -3.58. The largest absolute Gasteiger partial charge is 0.373 e. The minimum absolute atomic E-state index is 0.273. The molecule has 0 radical (unpaired) electrons. The van der Waals surface area contributed by atoms with Crippen LogP contribution in [0.25, 0.3) is 10.8 Å². The topological polar surface area (TPSA) is 74.3 Å². The second-order valence-electron chi connectivity index (χ2n) is 6.40. The quantitative estimate of drug-likeness (QED) is 0.523. The fraction of sp³-hybridized carbons (Fsp3) is 0.250. The Morgan fingerprint density at radius 1 is 1.04 bits per heavy atom. The molecule has 0 saturated carbocycles. The van der Waals surface area contributed by atoms with Gasteiger partial charge < -0.3 is 10.2 Å². The van der Waals surface area contributed by atoms with Crippen LogP contribution < -0.4 is 14.9 Å². The lowest BCUT2D eigenvalue weighted by Gasteiger charge is -2.19. The van der Waals surface area contributed by atoms with Gasteiger partial charge in [0.25, 0.3) is 0 Å². The monoisotopic (exact) mass is 418 g/mol. The van der Waals surface area contributed by atoms with Gasteiger partial charge in [-0.25, -0.2) is 13.1 Å². The van der Waals surface area contributed by atoms with Crippen molar-refractivity contribution in [1.29, 1.82) is 0 Å². The van der Waals surface area contributed by atoms with E-state index in [0.717, 1.165) is 24.2 Å². The molecule has 0 aliphatic carbocycles. The molecule has 6 nitrogen and oxygen atoms in total. The normalized spacial score (nSPS) is 11.6. The molecule has 3 rings (SSSR count). The first-order chi connectivity index (χ1) is 13.5. The first kappa shape index (κ1) is 20.5. The van der Waals surface area contributed by atoms with Gasteiger partial charge in [-0.2, -0.15) is 0 Å². The van der Waals surface area contributed by atoms with Gasteiger partial charge in [-0.15, -0.1) is 0 Å². The third-order valence-corrected chi connectivity index (χ3v) is 6.19. The Labute approximate surface area is 170 Å². The second kappa shape index (κ2) is 9.34. The average molecular weight is 419 g/mol. The number of nitrogens with one attached hydrogen (secondary N) is 2. The van der Waals surface area contributed by atoms with Crippen molar-refractivity contribution in [3.8, 4) is 0 Å². The molecule has 0 amide bonds. The van der Waals surface area contributed by atoms with E-state index in [0.29, 0.717) is 23.5 Å². The summed E-state index contributed by atoms with van der Waals surface area (Å²) in [5.74, 6) is 0. The van der Waals surface area contributed by atoms with Crippen LogP contribution in [0.2, 0.25) is 5.02 Å². The Morgan fingerprint density at radius 3 is 2.61 bits per heavy atom. The van der Waals surface area contributed by atoms with Gasteiger partial charge >= 0.3 is 0 Å². The number of fused-ring (bicyclic) bond motifs is 1. The summed E-state index contributed by atoms with van der Waals surface area (Å²) in [4.78, 5) is 6.42. The third kappa shape index (κ3) is 5.20. The van der Waals surface area contributed by atoms with Gasteiger partial charge in [0.05, 0.1) is 4.90 Å². The molecule has 2 aromatic carbocycles. The highest BCUT2D eigenvalue weighted by atomic mass is 35.5. The number of benzene rings is 2. The maximum atomic E-state index is 12.6. The van der Waals surface area contributed by atoms with Crippen LogP contribution in [0.15, 0.2) is 65.8 Å². The Morgan fingerprint density at radius 2 is 1.82 bits per heavy atom. The minimum Gasteiger partial charge on any atom is -0.373 e. The highest BCUT2D eigenvalue weighted by Crippen LogP contribution is 2.21. The van der Waals surface area contributed by atoms with Gasteiger partial charge in [-0.1, -0.05) is 23.7 Å². The van der Waals surface area contributed by atoms with Gasteiger partial charge in [0, 0.05) is 67.1 Å². The highest BCUT2D eigenvalue weighted by molar-refractivity contribution is 7.89. The van der Waals surface area contributed by atoms with Crippen molar-refractivity contribution < 1.29 is 8.42 Å². The van der Waals surface area contributed by atoms with E-state index >= 15 is 0 Å². The summed E-state index contributed by atoms with van der Waals surface area (Å²) in [5.41, 5.74) is 1.08. The van der Waals surface area contributed by atoms with Gasteiger partial charge in [-0.3, -0.25) is 4.98 Å². The smallest absolute Gasteiger partial charge is 0.241 e. The zero-order valence-electron chi connectivity index (χ0n) is 15.6. The maximum absolute atomic E-state index is 12.6. The number of rotatable bonds is 9. The number of nitrogens with zero attached hydrogens (tertiary/aromatic N) is 2. The van der Waals surface area contributed by atoms with Crippen molar-refractivity contribution in [2.24, 2.45) is 0 Å². The van der Waals surface area contributed by atoms with E-state index in [4.69, 9.17) is 11.6 Å². The number of anilines is 1. The Balaban J connectivity index is 1.46. The zero-order valence-corrected chi connectivity index (χ0v) is 17.2. The summed E-state index contributed by atoms with van der Waals surface area (Å²) >= 11 is 5.90. The van der Waals surface area contributed by atoms with E-state index in [1.54, 1.807) is 30.6 Å². The number of likely N-dealkylation sites (N-methyl/N-ethyl adjacent to an activating group) is 1. The maximum Gasteiger partial charge on any atom is 0.241 e. The third-order valence-electron chi connectivity index (χ3n) is 4.42. The van der Waals surface area contributed by atoms with Crippen LogP contribution in [-0.2, 0) is 10.0 Å². The van der Waals surface area contributed by atoms with E-state index in [-0.39, 0.29) is 4.90 Å². The molecule has 28 heavy (non-hydrogen) atoms. The number of aromatic nitrogens is 1. The van der Waals surface area contributed by atoms with Crippen molar-refractivity contribution in [1.82, 2.24) is 15.0 Å². The van der Waals surface area contributed by atoms with Crippen molar-refractivity contribution in [3.05, 3.63) is 65.9 Å². The van der Waals surface area contributed by atoms with Crippen molar-refractivity contribution in [2.75, 3.05) is 38.1 Å². The molecule has 3 aromatic rings. The molecule has 1 heterocycles. The summed E-state index contributed by atoms with van der Waals surface area (Å²) < 4.78 is 27.9. The van der Waals surface area contributed by atoms with Crippen LogP contribution in [0.5, 0.6) is 0 Å². The fourth-order valence-corrected chi connectivity index (χ4v) is 4.26. The predicted octanol–water partition coefficient (Wildman–Crippen LogP) is 2.89. The summed E-state index contributed by atoms with van der Waals surface area (Å²) in [5, 5.41) is 5.44. The molecule has 1 aromatic heterocycles. The Kier molecular flexibility index (Phi) is 6.85. The van der Waals surface area contributed by atoms with Crippen molar-refractivity contribution in [3.63, 3.8) is 0 Å². The van der Waals surface area contributed by atoms with E-state index in [9.17, 15) is 8.42 Å². The molecule has 0 unspecified atom stereocenters. The number of pyridine rings is 1. The second-order valence-corrected chi connectivity index (χ2v) is 8.57. The first-order valence-corrected chi connectivity index (χ1v) is 10.8. The van der Waals surface area contributed by atoms with Gasteiger partial charge in [0.2, 0.25) is 10.0 Å². The lowest BCUT2D eigenvalue weighted by Crippen LogP contribution is -2.35. The van der Waals surface area contributed by atoms with Crippen LogP contribution in [0.3, 0.4) is 0 Å². The molecule has 2 N–H and O–H groups in total. The van der Waals surface area contributed by atoms with Crippen LogP contribution in [0.1, 0.15) is 0 Å². The lowest BCUT2D eigenvalue weighted by atomic mass is 10.2. The average Bonchev–Trinajstić information content (AvgIpc) is 2.70. The summed E-state index contributed by atoms with van der Waals surface area (Å²) in [7, 11) is -1.58. The summed E-state index contributed by atoms with van der Waals surface area (Å²) in [6.45, 7) is 2.39. The molecule has 148 valence electrons. The molecule has 0 atom stereocenters. The van der Waals surface area contributed by atoms with Crippen LogP contribution >= 0.6 is 11.6 Å². The SMILES string of the molecule is CN(CCNCCNS(=O)(=O)c1cccc2cnccc12)c1ccc(Cl)cc1. The first-order valence-electron chi connectivity index (χ1n) is 8.97. The fourth-order valence-electron chi connectivity index (χ4n) is 2.88. The van der Waals surface area contributed by atoms with E-state index in [1.807, 2.05) is 37.4 Å². The van der Waals surface area contributed by atoms with Crippen molar-refractivity contribution >= 4 is 38.1 Å². The molecule has 0 saturated heterocycles. The molecule has 8 heteroatoms. The molecule has 0 bridgehead atoms. The Hall–Kier alpha value is -2.19. The number of halogens is 1. The van der Waals surface area contributed by atoms with E-state index in [1.165, 1.54) is 0 Å². The van der Waals surface area contributed by atoms with Gasteiger partial charge in [0.1, 0.15) is 0 Å². The van der Waals surface area contributed by atoms with E-state index < -0.39 is 10.0 Å². The standard InChI is InChI=1S/C20H23ClN4O2S/c1-25(18-7-5-17(21)6-8-18)14-13-22-11-12-24-28(26,27)20-4-2-3-16-15-23-10-9-19(16)20/h2-10,15,22,24H,11-14H2,1H3. The zero-order chi connectivity index (χ0) is 20.0. The molecule has 0 aliphatic heterocycles. The van der Waals surface area contributed by atoms with Gasteiger partial charge in [0.15, 0.2) is 0 Å². The summed E-state index contributed by atoms with van der Waals surface area (Å²) in [6.07, 6.45) is 3.26. The van der Waals surface area contributed by atoms with Crippen LogP contribution in [-0.4, -0.2) is 46.6 Å². The predicted molar refractivity (Wildman–Crippen MR) is 115 cm³/mol. The summed E-state index contributed by atoms with van der Waals surface area (Å²) in [6, 6.07) is 14.6. The van der Waals surface area contributed by atoms with Gasteiger partial charge in [-0.05, 0) is 36.4 Å². The van der Waals surface area contributed by atoms with Crippen molar-refractivity contribution in [2.45, 2.75) is 4.90 Å². The number of hydrogen-bond acceptors (Lipinski definition) is 5. The van der Waals surface area contributed by atoms with E-state index in [2.05, 4.69) is 19.9 Å². The number of sulfonamides is 1. The molecule has 0 aliphatic rings. The highest BCUT2D eigenvalue weighted by Gasteiger charge is 2.16.